The molecule has 4 nitrogen and oxygen atoms in total. The molecule has 0 bridgehead atoms. The molecule has 0 aliphatic carbocycles. The van der Waals surface area contributed by atoms with Crippen LogP contribution in [0.4, 0.5) is 0 Å². The molecule has 1 fully saturated rings. The van der Waals surface area contributed by atoms with Crippen LogP contribution >= 0.6 is 0 Å². The molecule has 1 saturated heterocycles. The van der Waals surface area contributed by atoms with Crippen LogP contribution in [0.5, 0.6) is 5.75 Å². The second-order valence-electron chi connectivity index (χ2n) is 7.32. The van der Waals surface area contributed by atoms with Gasteiger partial charge in [0, 0.05) is 49.8 Å². The van der Waals surface area contributed by atoms with E-state index in [0.29, 0.717) is 6.04 Å². The summed E-state index contributed by atoms with van der Waals surface area (Å²) in [4.78, 5) is 17.3. The Morgan fingerprint density at radius 3 is 2.54 bits per heavy atom. The fourth-order valence-corrected chi connectivity index (χ4v) is 4.00. The highest BCUT2D eigenvalue weighted by Gasteiger charge is 2.30. The number of aryl methyl sites for hydroxylation is 2. The zero-order chi connectivity index (χ0) is 18.1. The molecule has 136 valence electrons. The maximum absolute atomic E-state index is 12.8. The maximum atomic E-state index is 12.8. The lowest BCUT2D eigenvalue weighted by molar-refractivity contribution is 0.0510. The molecule has 1 unspecified atom stereocenters. The summed E-state index contributed by atoms with van der Waals surface area (Å²) in [7, 11) is 0. The third-order valence-corrected chi connectivity index (χ3v) is 5.72. The van der Waals surface area contributed by atoms with Gasteiger partial charge in [0.05, 0.1) is 6.61 Å². The Hall–Kier alpha value is -2.33. The summed E-state index contributed by atoms with van der Waals surface area (Å²) in [6.07, 6.45) is 1.02. The molecule has 0 radical (unpaired) electrons. The molecule has 2 aliphatic heterocycles. The minimum Gasteiger partial charge on any atom is -0.493 e. The van der Waals surface area contributed by atoms with Crippen molar-refractivity contribution >= 4 is 5.91 Å². The first-order chi connectivity index (χ1) is 12.6. The van der Waals surface area contributed by atoms with Crippen molar-refractivity contribution in [1.82, 2.24) is 9.80 Å². The topological polar surface area (TPSA) is 32.8 Å². The van der Waals surface area contributed by atoms with E-state index in [9.17, 15) is 4.79 Å². The minimum absolute atomic E-state index is 0.153. The second-order valence-corrected chi connectivity index (χ2v) is 7.32. The number of hydrogen-bond acceptors (Lipinski definition) is 3. The number of carbonyl (C=O) groups excluding carboxylic acids is 1. The van der Waals surface area contributed by atoms with Crippen molar-refractivity contribution in [3.63, 3.8) is 0 Å². The van der Waals surface area contributed by atoms with Gasteiger partial charge >= 0.3 is 0 Å². The van der Waals surface area contributed by atoms with Gasteiger partial charge in [-0.3, -0.25) is 9.69 Å². The molecule has 2 heterocycles. The molecule has 2 aromatic rings. The summed E-state index contributed by atoms with van der Waals surface area (Å²) < 4.78 is 5.79. The Bertz CT molecular complexity index is 810. The monoisotopic (exact) mass is 350 g/mol. The Kier molecular flexibility index (Phi) is 4.68. The zero-order valence-electron chi connectivity index (χ0n) is 15.6. The SMILES string of the molecule is Cc1ccc(C(=O)N2CCN(C3CCOc4ccccc43)CC2)cc1C. The van der Waals surface area contributed by atoms with Crippen LogP contribution in [0.3, 0.4) is 0 Å². The van der Waals surface area contributed by atoms with Crippen LogP contribution in [0.1, 0.15) is 39.5 Å². The predicted octanol–water partition coefficient (Wildman–Crippen LogP) is 3.59. The third kappa shape index (κ3) is 3.21. The van der Waals surface area contributed by atoms with Crippen molar-refractivity contribution in [1.29, 1.82) is 0 Å². The lowest BCUT2D eigenvalue weighted by Gasteiger charge is -2.41. The van der Waals surface area contributed by atoms with E-state index in [0.717, 1.165) is 50.5 Å². The van der Waals surface area contributed by atoms with Gasteiger partial charge in [0.1, 0.15) is 5.75 Å². The van der Waals surface area contributed by atoms with Gasteiger partial charge in [0.15, 0.2) is 0 Å². The van der Waals surface area contributed by atoms with E-state index in [4.69, 9.17) is 4.74 Å². The van der Waals surface area contributed by atoms with Crippen molar-refractivity contribution in [2.45, 2.75) is 26.3 Å². The molecule has 4 rings (SSSR count). The summed E-state index contributed by atoms with van der Waals surface area (Å²) in [5, 5.41) is 0. The number of benzene rings is 2. The van der Waals surface area contributed by atoms with Gasteiger partial charge in [0.25, 0.3) is 5.91 Å². The molecule has 26 heavy (non-hydrogen) atoms. The summed E-state index contributed by atoms with van der Waals surface area (Å²) >= 11 is 0. The van der Waals surface area contributed by atoms with Crippen molar-refractivity contribution in [2.24, 2.45) is 0 Å². The van der Waals surface area contributed by atoms with Gasteiger partial charge in [-0.05, 0) is 43.2 Å². The van der Waals surface area contributed by atoms with Crippen LogP contribution in [0.25, 0.3) is 0 Å². The van der Waals surface area contributed by atoms with E-state index in [1.165, 1.54) is 16.7 Å². The van der Waals surface area contributed by atoms with Crippen LogP contribution in [0.2, 0.25) is 0 Å². The summed E-state index contributed by atoms with van der Waals surface area (Å²) in [5.74, 6) is 1.16. The molecule has 0 N–H and O–H groups in total. The van der Waals surface area contributed by atoms with E-state index in [1.807, 2.05) is 29.2 Å². The van der Waals surface area contributed by atoms with Crippen molar-refractivity contribution in [2.75, 3.05) is 32.8 Å². The van der Waals surface area contributed by atoms with Crippen LogP contribution in [-0.4, -0.2) is 48.5 Å². The summed E-state index contributed by atoms with van der Waals surface area (Å²) in [6.45, 7) is 8.30. The number of carbonyl (C=O) groups is 1. The maximum Gasteiger partial charge on any atom is 0.253 e. The van der Waals surface area contributed by atoms with Gasteiger partial charge in [-0.15, -0.1) is 0 Å². The Labute approximate surface area is 155 Å². The number of amides is 1. The number of para-hydroxylation sites is 1. The van der Waals surface area contributed by atoms with Crippen LogP contribution in [-0.2, 0) is 0 Å². The van der Waals surface area contributed by atoms with Gasteiger partial charge in [-0.2, -0.15) is 0 Å². The van der Waals surface area contributed by atoms with Crippen LogP contribution in [0, 0.1) is 13.8 Å². The molecular weight excluding hydrogens is 324 g/mol. The molecule has 2 aliphatic rings. The van der Waals surface area contributed by atoms with E-state index in [-0.39, 0.29) is 5.91 Å². The highest BCUT2D eigenvalue weighted by Crippen LogP contribution is 2.36. The van der Waals surface area contributed by atoms with E-state index in [1.54, 1.807) is 0 Å². The van der Waals surface area contributed by atoms with Crippen LogP contribution < -0.4 is 4.74 Å². The number of nitrogens with zero attached hydrogens (tertiary/aromatic N) is 2. The second kappa shape index (κ2) is 7.12. The largest absolute Gasteiger partial charge is 0.493 e. The highest BCUT2D eigenvalue weighted by molar-refractivity contribution is 5.94. The number of hydrogen-bond donors (Lipinski definition) is 0. The first kappa shape index (κ1) is 17.1. The summed E-state index contributed by atoms with van der Waals surface area (Å²) in [6, 6.07) is 14.7. The normalized spacial score (nSPS) is 20.4. The quantitative estimate of drug-likeness (QED) is 0.830. The Balaban J connectivity index is 1.43. The number of rotatable bonds is 2. The van der Waals surface area contributed by atoms with E-state index < -0.39 is 0 Å². The van der Waals surface area contributed by atoms with Gasteiger partial charge in [0.2, 0.25) is 0 Å². The molecule has 0 spiro atoms. The lowest BCUT2D eigenvalue weighted by atomic mass is 9.98. The fourth-order valence-electron chi connectivity index (χ4n) is 4.00. The standard InChI is InChI=1S/C22H26N2O2/c1-16-7-8-18(15-17(16)2)22(25)24-12-10-23(11-13-24)20-9-14-26-21-6-4-3-5-19(20)21/h3-8,15,20H,9-14H2,1-2H3. The van der Waals surface area contributed by atoms with Gasteiger partial charge in [-0.1, -0.05) is 24.3 Å². The van der Waals surface area contributed by atoms with E-state index >= 15 is 0 Å². The van der Waals surface area contributed by atoms with Gasteiger partial charge in [-0.25, -0.2) is 0 Å². The lowest BCUT2D eigenvalue weighted by Crippen LogP contribution is -2.50. The molecule has 0 saturated carbocycles. The first-order valence-corrected chi connectivity index (χ1v) is 9.46. The smallest absolute Gasteiger partial charge is 0.253 e. The fraction of sp³-hybridized carbons (Fsp3) is 0.409. The van der Waals surface area contributed by atoms with Crippen molar-refractivity contribution in [3.8, 4) is 5.75 Å². The Morgan fingerprint density at radius 1 is 1.00 bits per heavy atom. The third-order valence-electron chi connectivity index (χ3n) is 5.72. The molecule has 1 amide bonds. The number of ether oxygens (including phenoxy) is 1. The molecule has 0 aromatic heterocycles. The highest BCUT2D eigenvalue weighted by atomic mass is 16.5. The Morgan fingerprint density at radius 2 is 1.77 bits per heavy atom. The van der Waals surface area contributed by atoms with Crippen LogP contribution in [0.15, 0.2) is 42.5 Å². The molecular formula is C22H26N2O2. The average Bonchev–Trinajstić information content (AvgIpc) is 2.69. The number of fused-ring (bicyclic) bond motifs is 1. The summed E-state index contributed by atoms with van der Waals surface area (Å²) in [5.41, 5.74) is 4.49. The zero-order valence-corrected chi connectivity index (χ0v) is 15.6. The molecule has 2 aromatic carbocycles. The predicted molar refractivity (Wildman–Crippen MR) is 103 cm³/mol. The van der Waals surface area contributed by atoms with Gasteiger partial charge < -0.3 is 9.64 Å². The first-order valence-electron chi connectivity index (χ1n) is 9.46. The molecule has 1 atom stereocenters. The van der Waals surface area contributed by atoms with Crippen molar-refractivity contribution < 1.29 is 9.53 Å². The van der Waals surface area contributed by atoms with Crippen molar-refractivity contribution in [3.05, 3.63) is 64.7 Å². The number of piperazine rings is 1. The molecule has 4 heteroatoms. The van der Waals surface area contributed by atoms with E-state index in [2.05, 4.69) is 36.9 Å². The minimum atomic E-state index is 0.153. The average molecular weight is 350 g/mol.